The number of nitrogens with zero attached hydrogens (tertiary/aromatic N) is 4. The predicted octanol–water partition coefficient (Wildman–Crippen LogP) is 0.807. The first-order valence-corrected chi connectivity index (χ1v) is 6.01. The number of carboxylic acids is 1. The highest BCUT2D eigenvalue weighted by molar-refractivity contribution is 5.72. The molecule has 1 aliphatic heterocycles. The van der Waals surface area contributed by atoms with Crippen LogP contribution in [0, 0.1) is 0 Å². The molecule has 98 valence electrons. The highest BCUT2D eigenvalue weighted by atomic mass is 16.4. The molecule has 3 rings (SSSR count). The summed E-state index contributed by atoms with van der Waals surface area (Å²) in [5, 5.41) is 13.2. The van der Waals surface area contributed by atoms with Crippen molar-refractivity contribution in [3.05, 3.63) is 35.9 Å². The second-order valence-electron chi connectivity index (χ2n) is 4.54. The maximum Gasteiger partial charge on any atom is 0.328 e. The first kappa shape index (κ1) is 11.6. The molecule has 1 aliphatic rings. The average Bonchev–Trinajstić information content (AvgIpc) is 2.79. The molecular formula is C12H13N5O2. The van der Waals surface area contributed by atoms with Crippen molar-refractivity contribution in [1.29, 1.82) is 0 Å². The highest BCUT2D eigenvalue weighted by Gasteiger charge is 2.34. The topological polar surface area (TPSA) is 107 Å². The molecule has 2 aromatic rings. The Labute approximate surface area is 109 Å². The molecule has 0 aliphatic carbocycles. The van der Waals surface area contributed by atoms with E-state index >= 15 is 0 Å². The van der Waals surface area contributed by atoms with Crippen LogP contribution in [0.15, 0.2) is 24.5 Å². The van der Waals surface area contributed by atoms with Gasteiger partial charge in [-0.3, -0.25) is 4.98 Å². The fraction of sp³-hybridized carbons (Fsp3) is 0.333. The van der Waals surface area contributed by atoms with E-state index in [0.717, 1.165) is 5.56 Å². The van der Waals surface area contributed by atoms with E-state index in [0.29, 0.717) is 18.7 Å². The number of fused-ring (bicyclic) bond motifs is 1. The van der Waals surface area contributed by atoms with Gasteiger partial charge in [-0.1, -0.05) is 0 Å². The Morgan fingerprint density at radius 2 is 2.11 bits per heavy atom. The Bertz CT molecular complexity index is 610. The van der Waals surface area contributed by atoms with Gasteiger partial charge in [0.2, 0.25) is 5.95 Å². The number of carbonyl (C=O) groups is 1. The number of hydrogen-bond acceptors (Lipinski definition) is 5. The number of aromatic nitrogens is 4. The van der Waals surface area contributed by atoms with E-state index in [4.69, 9.17) is 5.73 Å². The molecule has 0 amide bonds. The second kappa shape index (κ2) is 4.34. The second-order valence-corrected chi connectivity index (χ2v) is 4.54. The summed E-state index contributed by atoms with van der Waals surface area (Å²) in [6.07, 6.45) is 4.64. The minimum Gasteiger partial charge on any atom is -0.480 e. The zero-order valence-corrected chi connectivity index (χ0v) is 10.1. The Morgan fingerprint density at radius 3 is 2.79 bits per heavy atom. The summed E-state index contributed by atoms with van der Waals surface area (Å²) in [5.41, 5.74) is 6.66. The van der Waals surface area contributed by atoms with Gasteiger partial charge in [0.15, 0.2) is 6.04 Å². The van der Waals surface area contributed by atoms with Crippen molar-refractivity contribution >= 4 is 11.9 Å². The Kier molecular flexibility index (Phi) is 2.66. The summed E-state index contributed by atoms with van der Waals surface area (Å²) in [5.74, 6) is -0.160. The Hall–Kier alpha value is -2.44. The number of nitrogens with two attached hydrogens (primary N) is 1. The van der Waals surface area contributed by atoms with Gasteiger partial charge in [-0.25, -0.2) is 9.48 Å². The average molecular weight is 259 g/mol. The van der Waals surface area contributed by atoms with Gasteiger partial charge in [-0.05, 0) is 30.5 Å². The summed E-state index contributed by atoms with van der Waals surface area (Å²) in [4.78, 5) is 19.4. The maximum atomic E-state index is 11.2. The van der Waals surface area contributed by atoms with Crippen molar-refractivity contribution in [2.24, 2.45) is 0 Å². The number of hydrogen-bond donors (Lipinski definition) is 2. The van der Waals surface area contributed by atoms with Crippen molar-refractivity contribution in [2.75, 3.05) is 5.73 Å². The van der Waals surface area contributed by atoms with Gasteiger partial charge >= 0.3 is 5.97 Å². The summed E-state index contributed by atoms with van der Waals surface area (Å²) in [7, 11) is 0. The lowest BCUT2D eigenvalue weighted by Gasteiger charge is -2.26. The summed E-state index contributed by atoms with van der Waals surface area (Å²) < 4.78 is 1.44. The number of anilines is 1. The molecular weight excluding hydrogens is 246 g/mol. The van der Waals surface area contributed by atoms with E-state index < -0.39 is 12.0 Å². The minimum atomic E-state index is -0.903. The third-order valence-corrected chi connectivity index (χ3v) is 3.40. The normalized spacial score (nSPS) is 21.9. The van der Waals surface area contributed by atoms with E-state index in [1.165, 1.54) is 4.68 Å². The van der Waals surface area contributed by atoms with Crippen molar-refractivity contribution in [3.63, 3.8) is 0 Å². The zero-order valence-electron chi connectivity index (χ0n) is 10.1. The molecule has 0 radical (unpaired) electrons. The Morgan fingerprint density at radius 1 is 1.37 bits per heavy atom. The number of pyridine rings is 1. The van der Waals surface area contributed by atoms with Crippen molar-refractivity contribution < 1.29 is 9.90 Å². The molecule has 2 atom stereocenters. The van der Waals surface area contributed by atoms with Crippen molar-refractivity contribution in [2.45, 2.75) is 24.8 Å². The third-order valence-electron chi connectivity index (χ3n) is 3.40. The minimum absolute atomic E-state index is 0.0170. The summed E-state index contributed by atoms with van der Waals surface area (Å²) in [6, 6.07) is 3.12. The number of nitrogen functional groups attached to an aromatic ring is 1. The molecule has 2 aromatic heterocycles. The molecule has 0 aromatic carbocycles. The van der Waals surface area contributed by atoms with Crippen molar-refractivity contribution in [1.82, 2.24) is 19.7 Å². The first-order chi connectivity index (χ1) is 9.16. The molecule has 2 unspecified atom stereocenters. The lowest BCUT2D eigenvalue weighted by molar-refractivity contribution is -0.141. The third kappa shape index (κ3) is 1.92. The van der Waals surface area contributed by atoms with E-state index in [1.54, 1.807) is 12.4 Å². The highest BCUT2D eigenvalue weighted by Crippen LogP contribution is 2.36. The Balaban J connectivity index is 2.06. The number of rotatable bonds is 2. The number of carboxylic acid groups (broad SMARTS) is 1. The van der Waals surface area contributed by atoms with E-state index in [2.05, 4.69) is 15.1 Å². The smallest absolute Gasteiger partial charge is 0.328 e. The van der Waals surface area contributed by atoms with Crippen LogP contribution in [-0.4, -0.2) is 30.8 Å². The van der Waals surface area contributed by atoms with Gasteiger partial charge in [0.05, 0.1) is 0 Å². The van der Waals surface area contributed by atoms with Gasteiger partial charge in [0.1, 0.15) is 5.82 Å². The van der Waals surface area contributed by atoms with Gasteiger partial charge in [-0.2, -0.15) is 4.98 Å². The largest absolute Gasteiger partial charge is 0.480 e. The van der Waals surface area contributed by atoms with Crippen LogP contribution in [-0.2, 0) is 4.79 Å². The first-order valence-electron chi connectivity index (χ1n) is 6.01. The van der Waals surface area contributed by atoms with Gasteiger partial charge in [-0.15, -0.1) is 5.10 Å². The standard InChI is InChI=1S/C12H13N5O2/c13-12-15-10-8(7-3-5-14-6-4-7)1-2-9(11(18)19)17(10)16-12/h3-6,8-9H,1-2H2,(H2,13,16)(H,18,19). The van der Waals surface area contributed by atoms with Crippen LogP contribution in [0.1, 0.15) is 36.2 Å². The van der Waals surface area contributed by atoms with Gasteiger partial charge in [0.25, 0.3) is 0 Å². The fourth-order valence-corrected chi connectivity index (χ4v) is 2.53. The molecule has 19 heavy (non-hydrogen) atoms. The molecule has 0 fully saturated rings. The van der Waals surface area contributed by atoms with Crippen LogP contribution in [0.3, 0.4) is 0 Å². The molecule has 0 spiro atoms. The van der Waals surface area contributed by atoms with Gasteiger partial charge < -0.3 is 10.8 Å². The number of aliphatic carboxylic acids is 1. The molecule has 3 N–H and O–H groups in total. The quantitative estimate of drug-likeness (QED) is 0.826. The van der Waals surface area contributed by atoms with E-state index in [9.17, 15) is 9.90 Å². The van der Waals surface area contributed by atoms with Crippen LogP contribution >= 0.6 is 0 Å². The maximum absolute atomic E-state index is 11.2. The molecule has 0 saturated carbocycles. The summed E-state index contributed by atoms with van der Waals surface area (Å²) in [6.45, 7) is 0. The predicted molar refractivity (Wildman–Crippen MR) is 66.4 cm³/mol. The van der Waals surface area contributed by atoms with Crippen molar-refractivity contribution in [3.8, 4) is 0 Å². The SMILES string of the molecule is Nc1nc2n(n1)C(C(=O)O)CCC2c1ccncc1. The van der Waals surface area contributed by atoms with Crippen LogP contribution in [0.4, 0.5) is 5.95 Å². The fourth-order valence-electron chi connectivity index (χ4n) is 2.53. The zero-order chi connectivity index (χ0) is 13.4. The molecule has 7 nitrogen and oxygen atoms in total. The van der Waals surface area contributed by atoms with Crippen LogP contribution in [0.2, 0.25) is 0 Å². The molecule has 7 heteroatoms. The van der Waals surface area contributed by atoms with E-state index in [-0.39, 0.29) is 11.9 Å². The lowest BCUT2D eigenvalue weighted by atomic mass is 9.89. The molecule has 3 heterocycles. The van der Waals surface area contributed by atoms with E-state index in [1.807, 2.05) is 12.1 Å². The monoisotopic (exact) mass is 259 g/mol. The molecule has 0 saturated heterocycles. The lowest BCUT2D eigenvalue weighted by Crippen LogP contribution is -2.28. The van der Waals surface area contributed by atoms with Crippen LogP contribution < -0.4 is 5.73 Å². The van der Waals surface area contributed by atoms with Crippen LogP contribution in [0.25, 0.3) is 0 Å². The molecule has 0 bridgehead atoms. The van der Waals surface area contributed by atoms with Gasteiger partial charge in [0, 0.05) is 18.3 Å². The summed E-state index contributed by atoms with van der Waals surface area (Å²) >= 11 is 0. The van der Waals surface area contributed by atoms with Crippen LogP contribution in [0.5, 0.6) is 0 Å².